The van der Waals surface area contributed by atoms with E-state index in [2.05, 4.69) is 4.98 Å². The lowest BCUT2D eigenvalue weighted by atomic mass is 10.1. The number of aromatic nitrogens is 1. The highest BCUT2D eigenvalue weighted by molar-refractivity contribution is 5.41. The second-order valence-corrected chi connectivity index (χ2v) is 4.35. The first-order valence-electron chi connectivity index (χ1n) is 5.76. The van der Waals surface area contributed by atoms with Crippen LogP contribution in [-0.4, -0.2) is 12.0 Å². The van der Waals surface area contributed by atoms with Crippen LogP contribution in [0.25, 0.3) is 0 Å². The average molecular weight is 266 g/mol. The highest BCUT2D eigenvalue weighted by atomic mass is 19.2. The summed E-state index contributed by atoms with van der Waals surface area (Å²) in [5, 5.41) is 0. The van der Waals surface area contributed by atoms with Gasteiger partial charge in [-0.1, -0.05) is 24.3 Å². The lowest BCUT2D eigenvalue weighted by Crippen LogP contribution is -2.20. The van der Waals surface area contributed by atoms with Gasteiger partial charge in [-0.2, -0.15) is 9.37 Å². The maximum Gasteiger partial charge on any atom is 0.251 e. The van der Waals surface area contributed by atoms with Gasteiger partial charge in [-0.15, -0.1) is 0 Å². The van der Waals surface area contributed by atoms with Crippen LogP contribution in [0.4, 0.5) is 19.0 Å². The molecular weight excluding hydrogens is 253 g/mol. The molecule has 19 heavy (non-hydrogen) atoms. The number of rotatable bonds is 3. The molecule has 0 radical (unpaired) electrons. The van der Waals surface area contributed by atoms with Gasteiger partial charge in [0.05, 0.1) is 0 Å². The largest absolute Gasteiger partial charge is 0.353 e. The molecule has 100 valence electrons. The number of benzene rings is 1. The van der Waals surface area contributed by atoms with Gasteiger partial charge in [-0.05, 0) is 18.1 Å². The molecule has 2 aromatic rings. The first kappa shape index (κ1) is 13.4. The van der Waals surface area contributed by atoms with E-state index in [4.69, 9.17) is 0 Å². The number of anilines is 1. The van der Waals surface area contributed by atoms with E-state index in [-0.39, 0.29) is 5.82 Å². The van der Waals surface area contributed by atoms with Crippen LogP contribution in [0.5, 0.6) is 0 Å². The Balaban J connectivity index is 2.28. The quantitative estimate of drug-likeness (QED) is 0.791. The number of pyridine rings is 1. The van der Waals surface area contributed by atoms with E-state index in [9.17, 15) is 13.2 Å². The van der Waals surface area contributed by atoms with E-state index < -0.39 is 17.6 Å². The summed E-state index contributed by atoms with van der Waals surface area (Å²) in [5.74, 6) is -3.67. The molecule has 0 amide bonds. The molecule has 2 rings (SSSR count). The summed E-state index contributed by atoms with van der Waals surface area (Å²) in [6, 6.07) is 8.09. The van der Waals surface area contributed by atoms with Gasteiger partial charge in [0.15, 0.2) is 17.5 Å². The minimum atomic E-state index is -1.30. The molecule has 1 aromatic heterocycles. The number of aryl methyl sites for hydroxylation is 1. The Morgan fingerprint density at radius 2 is 1.79 bits per heavy atom. The smallest absolute Gasteiger partial charge is 0.251 e. The van der Waals surface area contributed by atoms with E-state index in [1.165, 1.54) is 4.90 Å². The van der Waals surface area contributed by atoms with Crippen LogP contribution < -0.4 is 4.90 Å². The molecule has 0 fully saturated rings. The van der Waals surface area contributed by atoms with Crippen molar-refractivity contribution in [1.82, 2.24) is 4.98 Å². The Labute approximate surface area is 109 Å². The van der Waals surface area contributed by atoms with Crippen LogP contribution in [0, 0.1) is 24.5 Å². The predicted molar refractivity (Wildman–Crippen MR) is 67.4 cm³/mol. The van der Waals surface area contributed by atoms with E-state index >= 15 is 0 Å². The summed E-state index contributed by atoms with van der Waals surface area (Å²) in [7, 11) is 1.58. The van der Waals surface area contributed by atoms with Crippen molar-refractivity contribution >= 4 is 5.82 Å². The molecule has 0 bridgehead atoms. The van der Waals surface area contributed by atoms with Crippen molar-refractivity contribution in [3.63, 3.8) is 0 Å². The van der Waals surface area contributed by atoms with Gasteiger partial charge < -0.3 is 4.90 Å². The third-order valence-electron chi connectivity index (χ3n) is 2.90. The molecule has 0 atom stereocenters. The third kappa shape index (κ3) is 2.86. The molecule has 0 aliphatic heterocycles. The van der Waals surface area contributed by atoms with E-state index in [1.807, 2.05) is 31.2 Å². The summed E-state index contributed by atoms with van der Waals surface area (Å²) in [6.45, 7) is 2.29. The van der Waals surface area contributed by atoms with Gasteiger partial charge in [-0.25, -0.2) is 8.78 Å². The Morgan fingerprint density at radius 3 is 2.47 bits per heavy atom. The van der Waals surface area contributed by atoms with Gasteiger partial charge in [0.2, 0.25) is 0 Å². The SMILES string of the molecule is Cc1ccccc1CN(C)c1nc(F)c(F)cc1F. The molecule has 1 heterocycles. The van der Waals surface area contributed by atoms with Crippen molar-refractivity contribution in [3.05, 3.63) is 59.0 Å². The molecule has 0 aliphatic carbocycles. The Bertz CT molecular complexity index is 599. The van der Waals surface area contributed by atoms with Crippen molar-refractivity contribution in [2.45, 2.75) is 13.5 Å². The van der Waals surface area contributed by atoms with Crippen LogP contribution in [-0.2, 0) is 6.54 Å². The van der Waals surface area contributed by atoms with Crippen LogP contribution in [0.2, 0.25) is 0 Å². The van der Waals surface area contributed by atoms with Gasteiger partial charge in [-0.3, -0.25) is 0 Å². The fraction of sp³-hybridized carbons (Fsp3) is 0.214. The Morgan fingerprint density at radius 1 is 1.11 bits per heavy atom. The second-order valence-electron chi connectivity index (χ2n) is 4.35. The zero-order chi connectivity index (χ0) is 14.0. The molecule has 0 unspecified atom stereocenters. The topological polar surface area (TPSA) is 16.1 Å². The minimum Gasteiger partial charge on any atom is -0.353 e. The van der Waals surface area contributed by atoms with Gasteiger partial charge in [0.25, 0.3) is 5.95 Å². The number of nitrogens with zero attached hydrogens (tertiary/aromatic N) is 2. The van der Waals surface area contributed by atoms with Gasteiger partial charge in [0, 0.05) is 19.7 Å². The van der Waals surface area contributed by atoms with E-state index in [0.717, 1.165) is 11.1 Å². The summed E-state index contributed by atoms with van der Waals surface area (Å²) >= 11 is 0. The number of hydrogen-bond donors (Lipinski definition) is 0. The third-order valence-corrected chi connectivity index (χ3v) is 2.90. The van der Waals surface area contributed by atoms with Crippen LogP contribution in [0.3, 0.4) is 0 Å². The second kappa shape index (κ2) is 5.30. The monoisotopic (exact) mass is 266 g/mol. The van der Waals surface area contributed by atoms with Crippen LogP contribution in [0.1, 0.15) is 11.1 Å². The predicted octanol–water partition coefficient (Wildman–Crippen LogP) is 3.44. The lowest BCUT2D eigenvalue weighted by molar-refractivity contribution is 0.463. The van der Waals surface area contributed by atoms with Crippen molar-refractivity contribution < 1.29 is 13.2 Å². The van der Waals surface area contributed by atoms with Crippen LogP contribution in [0.15, 0.2) is 30.3 Å². The molecule has 0 spiro atoms. The fourth-order valence-corrected chi connectivity index (χ4v) is 1.82. The number of hydrogen-bond acceptors (Lipinski definition) is 2. The van der Waals surface area contributed by atoms with Crippen molar-refractivity contribution in [2.24, 2.45) is 0 Å². The molecular formula is C14H13F3N2. The first-order valence-corrected chi connectivity index (χ1v) is 5.76. The van der Waals surface area contributed by atoms with Crippen LogP contribution >= 0.6 is 0 Å². The zero-order valence-corrected chi connectivity index (χ0v) is 10.6. The summed E-state index contributed by atoms with van der Waals surface area (Å²) in [4.78, 5) is 4.75. The summed E-state index contributed by atoms with van der Waals surface area (Å²) < 4.78 is 39.4. The average Bonchev–Trinajstić information content (AvgIpc) is 2.36. The maximum atomic E-state index is 13.6. The maximum absolute atomic E-state index is 13.6. The molecule has 2 nitrogen and oxygen atoms in total. The minimum absolute atomic E-state index is 0.206. The molecule has 0 saturated carbocycles. The highest BCUT2D eigenvalue weighted by Gasteiger charge is 2.15. The zero-order valence-electron chi connectivity index (χ0n) is 10.6. The Hall–Kier alpha value is -2.04. The fourth-order valence-electron chi connectivity index (χ4n) is 1.82. The van der Waals surface area contributed by atoms with E-state index in [0.29, 0.717) is 12.6 Å². The summed E-state index contributed by atoms with van der Waals surface area (Å²) in [6.07, 6.45) is 0. The standard InChI is InChI=1S/C14H13F3N2/c1-9-5-3-4-6-10(9)8-19(2)14-12(16)7-11(15)13(17)18-14/h3-7H,8H2,1-2H3. The van der Waals surface area contributed by atoms with Crippen molar-refractivity contribution in [2.75, 3.05) is 11.9 Å². The number of halogens is 3. The molecule has 0 N–H and O–H groups in total. The summed E-state index contributed by atoms with van der Waals surface area (Å²) in [5.41, 5.74) is 2.01. The molecule has 1 aromatic carbocycles. The highest BCUT2D eigenvalue weighted by Crippen LogP contribution is 2.20. The van der Waals surface area contributed by atoms with Gasteiger partial charge >= 0.3 is 0 Å². The first-order chi connectivity index (χ1) is 8.99. The normalized spacial score (nSPS) is 10.6. The lowest BCUT2D eigenvalue weighted by Gasteiger charge is -2.20. The molecule has 5 heteroatoms. The molecule has 0 saturated heterocycles. The van der Waals surface area contributed by atoms with Crippen molar-refractivity contribution in [3.8, 4) is 0 Å². The van der Waals surface area contributed by atoms with E-state index in [1.54, 1.807) is 7.05 Å². The van der Waals surface area contributed by atoms with Gasteiger partial charge in [0.1, 0.15) is 0 Å². The molecule has 0 aliphatic rings. The Kier molecular flexibility index (Phi) is 3.74. The van der Waals surface area contributed by atoms with Crippen molar-refractivity contribution in [1.29, 1.82) is 0 Å².